The van der Waals surface area contributed by atoms with Crippen LogP contribution in [0, 0.1) is 5.41 Å². The lowest BCUT2D eigenvalue weighted by molar-refractivity contribution is -0.153. The van der Waals surface area contributed by atoms with Gasteiger partial charge in [-0.05, 0) is 11.8 Å². The molecule has 3 N–H and O–H groups in total. The summed E-state index contributed by atoms with van der Waals surface area (Å²) in [6, 6.07) is 0. The normalized spacial score (nSPS) is 17.1. The molecule has 4 nitrogen and oxygen atoms in total. The van der Waals surface area contributed by atoms with Crippen molar-refractivity contribution in [2.75, 3.05) is 0 Å². The van der Waals surface area contributed by atoms with Gasteiger partial charge in [-0.1, -0.05) is 20.8 Å². The lowest BCUT2D eigenvalue weighted by Crippen LogP contribution is -2.36. The van der Waals surface area contributed by atoms with E-state index in [2.05, 4.69) is 0 Å². The van der Waals surface area contributed by atoms with Crippen molar-refractivity contribution in [3.05, 3.63) is 0 Å². The van der Waals surface area contributed by atoms with E-state index in [4.69, 9.17) is 10.2 Å². The molecule has 0 unspecified atom stereocenters. The first kappa shape index (κ1) is 11.4. The van der Waals surface area contributed by atoms with E-state index in [1.165, 1.54) is 0 Å². The van der Waals surface area contributed by atoms with E-state index in [1.807, 2.05) is 20.8 Å². The molecule has 12 heavy (non-hydrogen) atoms. The quantitative estimate of drug-likeness (QED) is 0.575. The Hall–Kier alpha value is -0.610. The summed E-state index contributed by atoms with van der Waals surface area (Å²) in [5.41, 5.74) is -0.185. The van der Waals surface area contributed by atoms with Gasteiger partial charge in [0.2, 0.25) is 0 Å². The highest BCUT2D eigenvalue weighted by atomic mass is 16.4. The number of hydrogen-bond acceptors (Lipinski definition) is 3. The summed E-state index contributed by atoms with van der Waals surface area (Å²) in [6.45, 7) is 5.60. The fraction of sp³-hybridized carbons (Fsp3) is 0.875. The number of hydrogen-bond donors (Lipinski definition) is 3. The van der Waals surface area contributed by atoms with Crippen LogP contribution in [0.15, 0.2) is 0 Å². The molecule has 0 amide bonds. The molecule has 0 aliphatic carbocycles. The van der Waals surface area contributed by atoms with Crippen LogP contribution in [-0.2, 0) is 4.79 Å². The first-order valence-electron chi connectivity index (χ1n) is 3.83. The van der Waals surface area contributed by atoms with E-state index in [0.717, 1.165) is 0 Å². The van der Waals surface area contributed by atoms with Crippen molar-refractivity contribution < 1.29 is 20.1 Å². The molecule has 0 radical (unpaired) electrons. The second kappa shape index (κ2) is 3.87. The zero-order chi connectivity index (χ0) is 9.94. The smallest absolute Gasteiger partial charge is 0.335 e. The third-order valence-electron chi connectivity index (χ3n) is 1.44. The van der Waals surface area contributed by atoms with Crippen LogP contribution >= 0.6 is 0 Å². The van der Waals surface area contributed by atoms with E-state index in [9.17, 15) is 9.90 Å². The van der Waals surface area contributed by atoms with Gasteiger partial charge < -0.3 is 15.3 Å². The van der Waals surface area contributed by atoms with Gasteiger partial charge in [-0.25, -0.2) is 4.79 Å². The topological polar surface area (TPSA) is 77.8 Å². The molecular formula is C8H16O4. The van der Waals surface area contributed by atoms with Crippen LogP contribution in [0.2, 0.25) is 0 Å². The van der Waals surface area contributed by atoms with Crippen LogP contribution in [0.1, 0.15) is 27.2 Å². The van der Waals surface area contributed by atoms with Crippen LogP contribution < -0.4 is 0 Å². The van der Waals surface area contributed by atoms with Gasteiger partial charge >= 0.3 is 5.97 Å². The SMILES string of the molecule is CC(C)(C)C[C@@H](O)[C@@H](O)C(=O)O. The van der Waals surface area contributed by atoms with Crippen LogP contribution in [0.4, 0.5) is 0 Å². The number of aliphatic hydroxyl groups is 2. The molecule has 0 saturated heterocycles. The zero-order valence-electron chi connectivity index (χ0n) is 7.61. The number of rotatable bonds is 3. The number of carbonyl (C=O) groups is 1. The Morgan fingerprint density at radius 1 is 1.33 bits per heavy atom. The molecule has 0 saturated carbocycles. The summed E-state index contributed by atoms with van der Waals surface area (Å²) < 4.78 is 0. The number of aliphatic carboxylic acids is 1. The van der Waals surface area contributed by atoms with Crippen molar-refractivity contribution >= 4 is 5.97 Å². The molecule has 0 aliphatic rings. The van der Waals surface area contributed by atoms with Gasteiger partial charge in [0.15, 0.2) is 6.10 Å². The predicted octanol–water partition coefficient (Wildman–Crippen LogP) is 0.229. The molecule has 2 atom stereocenters. The molecule has 0 aliphatic heterocycles. The van der Waals surface area contributed by atoms with E-state index >= 15 is 0 Å². The highest BCUT2D eigenvalue weighted by Crippen LogP contribution is 2.22. The standard InChI is InChI=1S/C8H16O4/c1-8(2,3)4-5(9)6(10)7(11)12/h5-6,9-10H,4H2,1-3H3,(H,11,12)/t5-,6-/m1/s1. The Labute approximate surface area is 71.8 Å². The number of carboxylic acids is 1. The van der Waals surface area contributed by atoms with Gasteiger partial charge in [0.05, 0.1) is 6.10 Å². The summed E-state index contributed by atoms with van der Waals surface area (Å²) in [6.07, 6.45) is -2.60. The Bertz CT molecular complexity index is 159. The largest absolute Gasteiger partial charge is 0.479 e. The van der Waals surface area contributed by atoms with Crippen LogP contribution in [-0.4, -0.2) is 33.5 Å². The second-order valence-electron chi connectivity index (χ2n) is 4.12. The summed E-state index contributed by atoms with van der Waals surface area (Å²) in [7, 11) is 0. The lowest BCUT2D eigenvalue weighted by atomic mass is 9.87. The lowest BCUT2D eigenvalue weighted by Gasteiger charge is -2.23. The Kier molecular flexibility index (Phi) is 3.67. The maximum absolute atomic E-state index is 10.2. The molecule has 72 valence electrons. The van der Waals surface area contributed by atoms with Crippen molar-refractivity contribution in [1.29, 1.82) is 0 Å². The van der Waals surface area contributed by atoms with Crippen molar-refractivity contribution in [3.8, 4) is 0 Å². The summed E-state index contributed by atoms with van der Waals surface area (Å²) in [4.78, 5) is 10.2. The summed E-state index contributed by atoms with van der Waals surface area (Å²) in [5.74, 6) is -1.38. The van der Waals surface area contributed by atoms with Gasteiger partial charge in [-0.3, -0.25) is 0 Å². The molecule has 0 fully saturated rings. The third-order valence-corrected chi connectivity index (χ3v) is 1.44. The highest BCUT2D eigenvalue weighted by molar-refractivity contribution is 5.72. The Balaban J connectivity index is 4.04. The second-order valence-corrected chi connectivity index (χ2v) is 4.12. The third kappa shape index (κ3) is 4.31. The fourth-order valence-corrected chi connectivity index (χ4v) is 0.904. The van der Waals surface area contributed by atoms with Gasteiger partial charge in [-0.2, -0.15) is 0 Å². The maximum atomic E-state index is 10.2. The van der Waals surface area contributed by atoms with Crippen LogP contribution in [0.5, 0.6) is 0 Å². The summed E-state index contributed by atoms with van der Waals surface area (Å²) >= 11 is 0. The average Bonchev–Trinajstić information content (AvgIpc) is 1.82. The molecule has 0 aromatic heterocycles. The summed E-state index contributed by atoms with van der Waals surface area (Å²) in [5, 5.41) is 26.4. The van der Waals surface area contributed by atoms with Gasteiger partial charge in [0.1, 0.15) is 0 Å². The van der Waals surface area contributed by atoms with E-state index in [1.54, 1.807) is 0 Å². The molecule has 0 heterocycles. The van der Waals surface area contributed by atoms with Crippen molar-refractivity contribution in [1.82, 2.24) is 0 Å². The Morgan fingerprint density at radius 3 is 2.00 bits per heavy atom. The predicted molar refractivity (Wildman–Crippen MR) is 43.7 cm³/mol. The van der Waals surface area contributed by atoms with Crippen molar-refractivity contribution in [2.45, 2.75) is 39.4 Å². The number of carboxylic acid groups (broad SMARTS) is 1. The van der Waals surface area contributed by atoms with E-state index in [0.29, 0.717) is 0 Å². The number of aliphatic hydroxyl groups excluding tert-OH is 2. The molecule has 0 spiro atoms. The Morgan fingerprint density at radius 2 is 1.75 bits per heavy atom. The first-order chi connectivity index (χ1) is 5.24. The average molecular weight is 176 g/mol. The minimum atomic E-state index is -1.68. The van der Waals surface area contributed by atoms with Crippen molar-refractivity contribution in [3.63, 3.8) is 0 Å². The van der Waals surface area contributed by atoms with Gasteiger partial charge in [-0.15, -0.1) is 0 Å². The monoisotopic (exact) mass is 176 g/mol. The first-order valence-corrected chi connectivity index (χ1v) is 3.83. The van der Waals surface area contributed by atoms with Gasteiger partial charge in [0.25, 0.3) is 0 Å². The van der Waals surface area contributed by atoms with Crippen LogP contribution in [0.25, 0.3) is 0 Å². The molecular weight excluding hydrogens is 160 g/mol. The highest BCUT2D eigenvalue weighted by Gasteiger charge is 2.27. The molecule has 0 rings (SSSR count). The molecule has 0 aromatic carbocycles. The van der Waals surface area contributed by atoms with Crippen LogP contribution in [0.3, 0.4) is 0 Å². The van der Waals surface area contributed by atoms with E-state index in [-0.39, 0.29) is 11.8 Å². The minimum Gasteiger partial charge on any atom is -0.479 e. The fourth-order valence-electron chi connectivity index (χ4n) is 0.904. The molecule has 0 aromatic rings. The van der Waals surface area contributed by atoms with E-state index < -0.39 is 18.2 Å². The maximum Gasteiger partial charge on any atom is 0.335 e. The van der Waals surface area contributed by atoms with Gasteiger partial charge in [0, 0.05) is 0 Å². The van der Waals surface area contributed by atoms with Crippen molar-refractivity contribution in [2.24, 2.45) is 5.41 Å². The zero-order valence-corrected chi connectivity index (χ0v) is 7.61. The minimum absolute atomic E-state index is 0.185. The molecule has 0 bridgehead atoms. The molecule has 4 heteroatoms.